The summed E-state index contributed by atoms with van der Waals surface area (Å²) in [5.74, 6) is -0.384. The summed E-state index contributed by atoms with van der Waals surface area (Å²) >= 11 is 6.82. The maximum atomic E-state index is 12.1. The van der Waals surface area contributed by atoms with Gasteiger partial charge in [-0.2, -0.15) is 0 Å². The van der Waals surface area contributed by atoms with Crippen LogP contribution in [0.5, 0.6) is 0 Å². The van der Waals surface area contributed by atoms with Gasteiger partial charge in [-0.25, -0.2) is 9.35 Å². The molecule has 0 fully saturated rings. The Bertz CT molecular complexity index is 547. The Balaban J connectivity index is 2.94. The van der Waals surface area contributed by atoms with E-state index in [0.717, 1.165) is 11.3 Å². The van der Waals surface area contributed by atoms with Crippen LogP contribution in [0.25, 0.3) is 0 Å². The summed E-state index contributed by atoms with van der Waals surface area (Å²) in [6.45, 7) is 3.87. The Hall–Kier alpha value is -0.470. The number of amides is 1. The number of rotatable bonds is 4. The molecule has 0 saturated carbocycles. The quantitative estimate of drug-likeness (QED) is 0.889. The van der Waals surface area contributed by atoms with Crippen LogP contribution in [0.3, 0.4) is 0 Å². The number of halogens is 1. The summed E-state index contributed by atoms with van der Waals surface area (Å²) in [7, 11) is -3.24. The molecule has 0 bridgehead atoms. The number of hydrogen-bond donors (Lipinski definition) is 2. The first-order chi connectivity index (χ1) is 8.22. The smallest absolute Gasteiger partial charge is 0.271 e. The van der Waals surface area contributed by atoms with Crippen molar-refractivity contribution in [2.24, 2.45) is 21.2 Å². The van der Waals surface area contributed by atoms with Gasteiger partial charge in [0.25, 0.3) is 5.91 Å². The van der Waals surface area contributed by atoms with E-state index >= 15 is 0 Å². The second kappa shape index (κ2) is 6.12. The molecule has 5 nitrogen and oxygen atoms in total. The van der Waals surface area contributed by atoms with Gasteiger partial charge in [0.05, 0.1) is 11.1 Å². The van der Waals surface area contributed by atoms with Crippen molar-refractivity contribution in [1.82, 2.24) is 0 Å². The van der Waals surface area contributed by atoms with E-state index in [1.54, 1.807) is 5.38 Å². The first kappa shape index (κ1) is 15.6. The fourth-order valence-corrected chi connectivity index (χ4v) is 3.76. The normalized spacial score (nSPS) is 16.3. The molecule has 1 rings (SSSR count). The van der Waals surface area contributed by atoms with Gasteiger partial charge < -0.3 is 5.73 Å². The molecule has 1 amide bonds. The molecule has 0 aromatic carbocycles. The predicted octanol–water partition coefficient (Wildman–Crippen LogP) is 2.00. The molecule has 1 heterocycles. The molecular formula is C10H16ClN3O2S2. The van der Waals surface area contributed by atoms with Gasteiger partial charge in [-0.3, -0.25) is 4.79 Å². The lowest BCUT2D eigenvalue weighted by Crippen LogP contribution is -2.32. The summed E-state index contributed by atoms with van der Waals surface area (Å²) in [4.78, 5) is 11.7. The Morgan fingerprint density at radius 3 is 2.67 bits per heavy atom. The molecule has 0 radical (unpaired) electrons. The first-order valence-corrected chi connectivity index (χ1v) is 8.14. The second-order valence-electron chi connectivity index (χ2n) is 4.32. The minimum Gasteiger partial charge on any atom is -0.320 e. The van der Waals surface area contributed by atoms with Gasteiger partial charge >= 0.3 is 0 Å². The number of hydrogen-bond acceptors (Lipinski definition) is 4. The third-order valence-electron chi connectivity index (χ3n) is 2.10. The summed E-state index contributed by atoms with van der Waals surface area (Å²) in [6.07, 6.45) is 0.475. The number of nitrogens with zero attached hydrogens (tertiary/aromatic N) is 1. The Morgan fingerprint density at radius 1 is 1.61 bits per heavy atom. The summed E-state index contributed by atoms with van der Waals surface area (Å²) in [6, 6.07) is 0.670. The van der Waals surface area contributed by atoms with E-state index in [4.69, 9.17) is 22.5 Å². The predicted molar refractivity (Wildman–Crippen MR) is 74.8 cm³/mol. The Kier molecular flexibility index (Phi) is 5.30. The zero-order valence-electron chi connectivity index (χ0n) is 10.1. The van der Waals surface area contributed by atoms with Gasteiger partial charge in [-0.1, -0.05) is 25.4 Å². The lowest BCUT2D eigenvalue weighted by atomic mass is 10.0. The van der Waals surface area contributed by atoms with Crippen molar-refractivity contribution in [3.05, 3.63) is 16.5 Å². The topological polar surface area (TPSA) is 98.5 Å². The van der Waals surface area contributed by atoms with Crippen molar-refractivity contribution < 1.29 is 9.00 Å². The minimum absolute atomic E-state index is 0.254. The summed E-state index contributed by atoms with van der Waals surface area (Å²) in [5, 5.41) is 7.56. The van der Waals surface area contributed by atoms with Gasteiger partial charge in [0.15, 0.2) is 9.92 Å². The van der Waals surface area contributed by atoms with E-state index in [2.05, 4.69) is 4.36 Å². The van der Waals surface area contributed by atoms with E-state index in [-0.39, 0.29) is 10.1 Å². The van der Waals surface area contributed by atoms with Crippen LogP contribution in [0.15, 0.2) is 20.0 Å². The van der Waals surface area contributed by atoms with E-state index in [1.165, 1.54) is 6.07 Å². The third-order valence-corrected chi connectivity index (χ3v) is 5.32. The fraction of sp³-hybridized carbons (Fsp3) is 0.500. The number of nitrogens with two attached hydrogens (primary N) is 2. The van der Waals surface area contributed by atoms with E-state index < -0.39 is 21.9 Å². The lowest BCUT2D eigenvalue weighted by molar-refractivity contribution is -0.119. The van der Waals surface area contributed by atoms with Crippen LogP contribution < -0.4 is 10.9 Å². The van der Waals surface area contributed by atoms with Crippen molar-refractivity contribution in [3.63, 3.8) is 0 Å². The van der Waals surface area contributed by atoms with E-state index in [9.17, 15) is 9.00 Å². The van der Waals surface area contributed by atoms with Gasteiger partial charge in [0.1, 0.15) is 4.21 Å². The van der Waals surface area contributed by atoms with Crippen molar-refractivity contribution in [3.8, 4) is 0 Å². The largest absolute Gasteiger partial charge is 0.320 e. The lowest BCUT2D eigenvalue weighted by Gasteiger charge is -2.10. The maximum Gasteiger partial charge on any atom is 0.271 e. The highest BCUT2D eigenvalue weighted by molar-refractivity contribution is 7.93. The van der Waals surface area contributed by atoms with Crippen LogP contribution in [0, 0.1) is 5.92 Å². The average molecular weight is 310 g/mol. The SMILES string of the molecule is CC(C)C[C@H](N)C(=O)N=S(N)(=O)c1cc(Cl)cs1. The highest BCUT2D eigenvalue weighted by atomic mass is 35.5. The van der Waals surface area contributed by atoms with Crippen LogP contribution in [-0.4, -0.2) is 16.2 Å². The van der Waals surface area contributed by atoms with Gasteiger partial charge in [0, 0.05) is 5.38 Å². The Morgan fingerprint density at radius 2 is 2.22 bits per heavy atom. The first-order valence-electron chi connectivity index (χ1n) is 5.30. The molecule has 102 valence electrons. The Labute approximate surface area is 116 Å². The highest BCUT2D eigenvalue weighted by Gasteiger charge is 2.18. The maximum absolute atomic E-state index is 12.1. The molecule has 4 N–H and O–H groups in total. The molecule has 0 spiro atoms. The zero-order valence-corrected chi connectivity index (χ0v) is 12.5. The summed E-state index contributed by atoms with van der Waals surface area (Å²) in [5.41, 5.74) is 5.66. The number of carbonyl (C=O) groups is 1. The molecule has 8 heteroatoms. The molecule has 0 aliphatic rings. The van der Waals surface area contributed by atoms with E-state index in [0.29, 0.717) is 11.4 Å². The van der Waals surface area contributed by atoms with Crippen molar-refractivity contribution in [2.75, 3.05) is 0 Å². The van der Waals surface area contributed by atoms with Gasteiger partial charge in [-0.15, -0.1) is 15.7 Å². The number of carbonyl (C=O) groups excluding carboxylic acids is 1. The average Bonchev–Trinajstić information content (AvgIpc) is 2.63. The van der Waals surface area contributed by atoms with Crippen LogP contribution in [0.4, 0.5) is 0 Å². The molecular weight excluding hydrogens is 294 g/mol. The molecule has 0 aliphatic carbocycles. The van der Waals surface area contributed by atoms with E-state index in [1.807, 2.05) is 13.8 Å². The summed E-state index contributed by atoms with van der Waals surface area (Å²) < 4.78 is 15.9. The van der Waals surface area contributed by atoms with Crippen LogP contribution in [0.2, 0.25) is 5.02 Å². The minimum atomic E-state index is -3.24. The van der Waals surface area contributed by atoms with Crippen LogP contribution >= 0.6 is 22.9 Å². The monoisotopic (exact) mass is 309 g/mol. The zero-order chi connectivity index (χ0) is 13.9. The van der Waals surface area contributed by atoms with Crippen LogP contribution in [0.1, 0.15) is 20.3 Å². The third kappa shape index (κ3) is 4.33. The molecule has 18 heavy (non-hydrogen) atoms. The standard InChI is InChI=1S/C10H16ClN3O2S2/c1-6(2)3-8(12)10(15)14-18(13,16)9-4-7(11)5-17-9/h4-6,8H,3,12H2,1-2H3,(H2,13,14,15,16)/t8-,18?/m0/s1. The van der Waals surface area contributed by atoms with Crippen molar-refractivity contribution >= 4 is 38.8 Å². The molecule has 0 aliphatic heterocycles. The molecule has 1 unspecified atom stereocenters. The van der Waals surface area contributed by atoms with Crippen LogP contribution in [-0.2, 0) is 14.7 Å². The molecule has 1 aromatic rings. The van der Waals surface area contributed by atoms with Crippen molar-refractivity contribution in [2.45, 2.75) is 30.5 Å². The second-order valence-corrected chi connectivity index (χ2v) is 7.68. The van der Waals surface area contributed by atoms with Gasteiger partial charge in [0.2, 0.25) is 0 Å². The van der Waals surface area contributed by atoms with Crippen molar-refractivity contribution in [1.29, 1.82) is 0 Å². The molecule has 0 saturated heterocycles. The molecule has 2 atom stereocenters. The van der Waals surface area contributed by atoms with Gasteiger partial charge in [-0.05, 0) is 18.4 Å². The molecule has 1 aromatic heterocycles. The number of thiophene rings is 1. The fourth-order valence-electron chi connectivity index (χ4n) is 1.30. The highest BCUT2D eigenvalue weighted by Crippen LogP contribution is 2.23.